The second-order valence-electron chi connectivity index (χ2n) is 3.71. The average molecular weight is 272 g/mol. The lowest BCUT2D eigenvalue weighted by atomic mass is 10.3. The summed E-state index contributed by atoms with van der Waals surface area (Å²) in [4.78, 5) is 4.23. The summed E-state index contributed by atoms with van der Waals surface area (Å²) < 4.78 is 5.06. The van der Waals surface area contributed by atoms with Gasteiger partial charge in [-0.25, -0.2) is 4.98 Å². The Morgan fingerprint density at radius 2 is 2.16 bits per heavy atom. The van der Waals surface area contributed by atoms with E-state index in [0.29, 0.717) is 5.01 Å². The van der Waals surface area contributed by atoms with Crippen molar-refractivity contribution in [3.63, 3.8) is 0 Å². The van der Waals surface area contributed by atoms with Crippen LogP contribution in [0.3, 0.4) is 0 Å². The average Bonchev–Trinajstić information content (AvgIpc) is 2.87. The molecule has 0 aliphatic rings. The highest BCUT2D eigenvalue weighted by Crippen LogP contribution is 2.15. The molecule has 0 fully saturated rings. The Hall–Kier alpha value is -2.39. The number of aryl methyl sites for hydroxylation is 1. The maximum Gasteiger partial charge on any atom is 0.196 e. The zero-order valence-corrected chi connectivity index (χ0v) is 11.4. The Kier molecular flexibility index (Phi) is 4.11. The maximum absolute atomic E-state index is 9.07. The smallest absolute Gasteiger partial charge is 0.196 e. The van der Waals surface area contributed by atoms with Crippen molar-refractivity contribution in [2.24, 2.45) is 5.10 Å². The third-order valence-electron chi connectivity index (χ3n) is 2.31. The van der Waals surface area contributed by atoms with E-state index in [9.17, 15) is 0 Å². The topological polar surface area (TPSA) is 70.3 Å². The number of hydrogen-bond donors (Lipinski definition) is 1. The molecule has 0 spiro atoms. The Labute approximate surface area is 115 Å². The molecular formula is C13H12N4OS. The van der Waals surface area contributed by atoms with Crippen LogP contribution in [0.5, 0.6) is 5.75 Å². The minimum absolute atomic E-state index is 0.272. The zero-order chi connectivity index (χ0) is 13.7. The van der Waals surface area contributed by atoms with Gasteiger partial charge in [0, 0.05) is 11.1 Å². The molecule has 19 heavy (non-hydrogen) atoms. The van der Waals surface area contributed by atoms with Crippen LogP contribution in [0.2, 0.25) is 0 Å². The fourth-order valence-corrected chi connectivity index (χ4v) is 2.10. The fraction of sp³-hybridized carbons (Fsp3) is 0.154. The standard InChI is InChI=1S/C13H12N4OS/c1-9-8-19-13(15-9)12(7-14)17-16-10-3-5-11(18-2)6-4-10/h3-6,8,16H,1-2H3. The molecule has 0 amide bonds. The van der Waals surface area contributed by atoms with E-state index in [2.05, 4.69) is 15.5 Å². The predicted molar refractivity (Wildman–Crippen MR) is 75.6 cm³/mol. The van der Waals surface area contributed by atoms with Crippen molar-refractivity contribution in [1.29, 1.82) is 5.26 Å². The lowest BCUT2D eigenvalue weighted by Gasteiger charge is -2.02. The van der Waals surface area contributed by atoms with Gasteiger partial charge in [0.15, 0.2) is 10.7 Å². The van der Waals surface area contributed by atoms with Gasteiger partial charge < -0.3 is 4.74 Å². The number of benzene rings is 1. The summed E-state index contributed by atoms with van der Waals surface area (Å²) in [5, 5.41) is 15.6. The van der Waals surface area contributed by atoms with Gasteiger partial charge in [-0.2, -0.15) is 10.4 Å². The monoisotopic (exact) mass is 272 g/mol. The highest BCUT2D eigenvalue weighted by Gasteiger charge is 2.07. The van der Waals surface area contributed by atoms with Crippen molar-refractivity contribution >= 4 is 22.7 Å². The largest absolute Gasteiger partial charge is 0.497 e. The number of hydrogen-bond acceptors (Lipinski definition) is 6. The molecule has 0 atom stereocenters. The van der Waals surface area contributed by atoms with Gasteiger partial charge in [0.05, 0.1) is 12.8 Å². The van der Waals surface area contributed by atoms with Crippen molar-refractivity contribution < 1.29 is 4.74 Å². The summed E-state index contributed by atoms with van der Waals surface area (Å²) in [5.74, 6) is 0.769. The number of hydrazone groups is 1. The van der Waals surface area contributed by atoms with Crippen LogP contribution in [0, 0.1) is 18.3 Å². The molecule has 1 aromatic heterocycles. The van der Waals surface area contributed by atoms with Gasteiger partial charge in [0.1, 0.15) is 11.8 Å². The van der Waals surface area contributed by atoms with E-state index >= 15 is 0 Å². The molecule has 0 unspecified atom stereocenters. The Balaban J connectivity index is 2.13. The normalized spacial score (nSPS) is 10.9. The Morgan fingerprint density at radius 3 is 2.68 bits per heavy atom. The van der Waals surface area contributed by atoms with Crippen molar-refractivity contribution in [3.8, 4) is 11.8 Å². The van der Waals surface area contributed by atoms with Crippen molar-refractivity contribution in [2.75, 3.05) is 12.5 Å². The molecule has 0 aliphatic heterocycles. The maximum atomic E-state index is 9.07. The molecule has 96 valence electrons. The van der Waals surface area contributed by atoms with E-state index in [1.54, 1.807) is 7.11 Å². The molecule has 2 aromatic rings. The van der Waals surface area contributed by atoms with E-state index in [1.807, 2.05) is 42.6 Å². The second-order valence-corrected chi connectivity index (χ2v) is 4.56. The van der Waals surface area contributed by atoms with E-state index in [-0.39, 0.29) is 5.71 Å². The van der Waals surface area contributed by atoms with Gasteiger partial charge in [-0.15, -0.1) is 11.3 Å². The molecule has 0 saturated carbocycles. The summed E-state index contributed by atoms with van der Waals surface area (Å²) >= 11 is 1.40. The molecule has 0 aliphatic carbocycles. The fourth-order valence-electron chi connectivity index (χ4n) is 1.37. The summed E-state index contributed by atoms with van der Waals surface area (Å²) in [6.07, 6.45) is 0. The minimum Gasteiger partial charge on any atom is -0.497 e. The summed E-state index contributed by atoms with van der Waals surface area (Å²) in [5.41, 5.74) is 4.76. The molecule has 6 heteroatoms. The van der Waals surface area contributed by atoms with E-state index < -0.39 is 0 Å². The molecule has 1 N–H and O–H groups in total. The van der Waals surface area contributed by atoms with Crippen LogP contribution in [-0.4, -0.2) is 17.8 Å². The van der Waals surface area contributed by atoms with Crippen molar-refractivity contribution in [1.82, 2.24) is 4.98 Å². The van der Waals surface area contributed by atoms with E-state index in [0.717, 1.165) is 17.1 Å². The lowest BCUT2D eigenvalue weighted by Crippen LogP contribution is -2.01. The van der Waals surface area contributed by atoms with Crippen LogP contribution in [0.1, 0.15) is 10.7 Å². The first-order chi connectivity index (χ1) is 9.22. The Morgan fingerprint density at radius 1 is 1.42 bits per heavy atom. The van der Waals surface area contributed by atoms with Gasteiger partial charge in [-0.3, -0.25) is 5.43 Å². The van der Waals surface area contributed by atoms with Gasteiger partial charge in [-0.05, 0) is 31.2 Å². The molecule has 0 radical (unpaired) electrons. The molecule has 0 bridgehead atoms. The second kappa shape index (κ2) is 5.98. The number of methoxy groups -OCH3 is 1. The van der Waals surface area contributed by atoms with Crippen molar-refractivity contribution in [2.45, 2.75) is 6.92 Å². The van der Waals surface area contributed by atoms with Gasteiger partial charge in [0.25, 0.3) is 0 Å². The molecule has 2 rings (SSSR count). The van der Waals surface area contributed by atoms with Crippen LogP contribution < -0.4 is 10.2 Å². The van der Waals surface area contributed by atoms with Crippen molar-refractivity contribution in [3.05, 3.63) is 40.3 Å². The van der Waals surface area contributed by atoms with Crippen LogP contribution in [0.15, 0.2) is 34.7 Å². The minimum atomic E-state index is 0.272. The molecule has 1 heterocycles. The van der Waals surface area contributed by atoms with Gasteiger partial charge >= 0.3 is 0 Å². The number of nitrogens with zero attached hydrogens (tertiary/aromatic N) is 3. The predicted octanol–water partition coefficient (Wildman–Crippen LogP) is 2.80. The molecule has 5 nitrogen and oxygen atoms in total. The third-order valence-corrected chi connectivity index (χ3v) is 3.28. The third kappa shape index (κ3) is 3.30. The number of ether oxygens (including phenoxy) is 1. The number of rotatable bonds is 4. The lowest BCUT2D eigenvalue weighted by molar-refractivity contribution is 0.415. The first-order valence-corrected chi connectivity index (χ1v) is 6.41. The molecular weight excluding hydrogens is 260 g/mol. The van der Waals surface area contributed by atoms with E-state index in [1.165, 1.54) is 11.3 Å². The van der Waals surface area contributed by atoms with E-state index in [4.69, 9.17) is 10.00 Å². The number of nitrogens with one attached hydrogen (secondary N) is 1. The SMILES string of the molecule is COc1ccc(NN=C(C#N)c2nc(C)cs2)cc1. The molecule has 1 aromatic carbocycles. The number of nitriles is 1. The summed E-state index contributed by atoms with van der Waals surface area (Å²) in [6.45, 7) is 1.88. The highest BCUT2D eigenvalue weighted by atomic mass is 32.1. The Bertz CT molecular complexity index is 625. The number of thiazole rings is 1. The first-order valence-electron chi connectivity index (χ1n) is 5.53. The van der Waals surface area contributed by atoms with Crippen LogP contribution >= 0.6 is 11.3 Å². The van der Waals surface area contributed by atoms with Crippen LogP contribution in [0.25, 0.3) is 0 Å². The number of aromatic nitrogens is 1. The first kappa shape index (κ1) is 13.1. The van der Waals surface area contributed by atoms with Gasteiger partial charge in [-0.1, -0.05) is 0 Å². The van der Waals surface area contributed by atoms with Crippen LogP contribution in [0.4, 0.5) is 5.69 Å². The zero-order valence-electron chi connectivity index (χ0n) is 10.5. The highest BCUT2D eigenvalue weighted by molar-refractivity contribution is 7.12. The number of anilines is 1. The summed E-state index contributed by atoms with van der Waals surface area (Å²) in [6, 6.07) is 9.32. The van der Waals surface area contributed by atoms with Gasteiger partial charge in [0.2, 0.25) is 0 Å². The summed E-state index contributed by atoms with van der Waals surface area (Å²) in [7, 11) is 1.61. The quantitative estimate of drug-likeness (QED) is 0.686. The molecule has 0 saturated heterocycles. The van der Waals surface area contributed by atoms with Crippen LogP contribution in [-0.2, 0) is 0 Å².